The van der Waals surface area contributed by atoms with Crippen LogP contribution in [0, 0.1) is 0 Å². The molecule has 6 heteroatoms. The predicted octanol–water partition coefficient (Wildman–Crippen LogP) is 3.31. The minimum absolute atomic E-state index is 0.549. The number of halogens is 1. The van der Waals surface area contributed by atoms with Gasteiger partial charge in [-0.3, -0.25) is 0 Å². The maximum Gasteiger partial charge on any atom is 0.194 e. The summed E-state index contributed by atoms with van der Waals surface area (Å²) in [6.07, 6.45) is 2.46. The predicted molar refractivity (Wildman–Crippen MR) is 94.8 cm³/mol. The molecule has 23 heavy (non-hydrogen) atoms. The molecule has 0 spiro atoms. The number of likely N-dealkylation sites (tertiary alicyclic amines) is 1. The van der Waals surface area contributed by atoms with Crippen LogP contribution in [0.25, 0.3) is 0 Å². The van der Waals surface area contributed by atoms with Gasteiger partial charge in [-0.15, -0.1) is 0 Å². The summed E-state index contributed by atoms with van der Waals surface area (Å²) in [5.74, 6) is 2.21. The largest absolute Gasteiger partial charge is 0.493 e. The molecule has 0 aromatic heterocycles. The van der Waals surface area contributed by atoms with Crippen molar-refractivity contribution < 1.29 is 9.47 Å². The molecule has 5 nitrogen and oxygen atoms in total. The Bertz CT molecular complexity index is 543. The summed E-state index contributed by atoms with van der Waals surface area (Å²) in [6, 6.07) is 3.83. The lowest BCUT2D eigenvalue weighted by atomic mass is 10.2. The average Bonchev–Trinajstić information content (AvgIpc) is 3.08. The Hall–Kier alpha value is -1.62. The Morgan fingerprint density at radius 3 is 2.65 bits per heavy atom. The molecule has 0 amide bonds. The van der Waals surface area contributed by atoms with Crippen LogP contribution in [-0.2, 0) is 6.54 Å². The van der Waals surface area contributed by atoms with Gasteiger partial charge in [0.1, 0.15) is 0 Å². The van der Waals surface area contributed by atoms with Crippen LogP contribution in [0.5, 0.6) is 11.5 Å². The SMILES string of the molecule is CCNC(=NCc1cc(Cl)c(OCC)c(OC)c1)N1CCCC1. The van der Waals surface area contributed by atoms with Crippen molar-refractivity contribution in [2.24, 2.45) is 4.99 Å². The number of guanidine groups is 1. The molecule has 0 aliphatic carbocycles. The molecule has 2 rings (SSSR count). The molecule has 0 atom stereocenters. The van der Waals surface area contributed by atoms with Crippen molar-refractivity contribution in [2.75, 3.05) is 33.4 Å². The first-order valence-electron chi connectivity index (χ1n) is 8.22. The van der Waals surface area contributed by atoms with Gasteiger partial charge in [0.2, 0.25) is 0 Å². The van der Waals surface area contributed by atoms with E-state index in [2.05, 4.69) is 17.1 Å². The molecule has 1 aliphatic heterocycles. The summed E-state index contributed by atoms with van der Waals surface area (Å²) in [7, 11) is 1.62. The van der Waals surface area contributed by atoms with Gasteiger partial charge in [-0.2, -0.15) is 0 Å². The molecule has 0 unspecified atom stereocenters. The van der Waals surface area contributed by atoms with Crippen LogP contribution in [0.3, 0.4) is 0 Å². The molecule has 1 aromatic rings. The van der Waals surface area contributed by atoms with Crippen LogP contribution in [0.2, 0.25) is 5.02 Å². The summed E-state index contributed by atoms with van der Waals surface area (Å²) in [4.78, 5) is 7.04. The number of ether oxygens (including phenoxy) is 2. The maximum atomic E-state index is 6.32. The van der Waals surface area contributed by atoms with E-state index in [1.165, 1.54) is 12.8 Å². The Morgan fingerprint density at radius 2 is 2.04 bits per heavy atom. The monoisotopic (exact) mass is 339 g/mol. The topological polar surface area (TPSA) is 46.1 Å². The van der Waals surface area contributed by atoms with Gasteiger partial charge in [0, 0.05) is 19.6 Å². The fourth-order valence-electron chi connectivity index (χ4n) is 2.67. The molecule has 0 saturated carbocycles. The summed E-state index contributed by atoms with van der Waals surface area (Å²) in [5, 5.41) is 3.91. The average molecular weight is 340 g/mol. The number of hydrogen-bond acceptors (Lipinski definition) is 3. The number of benzene rings is 1. The summed E-state index contributed by atoms with van der Waals surface area (Å²) in [6.45, 7) is 8.12. The van der Waals surface area contributed by atoms with Gasteiger partial charge in [-0.1, -0.05) is 11.6 Å². The van der Waals surface area contributed by atoms with Gasteiger partial charge < -0.3 is 19.7 Å². The van der Waals surface area contributed by atoms with E-state index in [9.17, 15) is 0 Å². The van der Waals surface area contributed by atoms with E-state index in [0.717, 1.165) is 31.2 Å². The highest BCUT2D eigenvalue weighted by Crippen LogP contribution is 2.36. The van der Waals surface area contributed by atoms with Crippen molar-refractivity contribution >= 4 is 17.6 Å². The zero-order chi connectivity index (χ0) is 16.7. The van der Waals surface area contributed by atoms with E-state index >= 15 is 0 Å². The highest BCUT2D eigenvalue weighted by Gasteiger charge is 2.16. The number of hydrogen-bond donors (Lipinski definition) is 1. The molecule has 1 saturated heterocycles. The number of aliphatic imine (C=N–C) groups is 1. The molecule has 1 aromatic carbocycles. The number of methoxy groups -OCH3 is 1. The zero-order valence-corrected chi connectivity index (χ0v) is 14.9. The molecule has 1 aliphatic rings. The van der Waals surface area contributed by atoms with Gasteiger partial charge in [-0.05, 0) is 44.4 Å². The second-order valence-corrected chi connectivity index (χ2v) is 5.81. The first-order chi connectivity index (χ1) is 11.2. The molecule has 0 bridgehead atoms. The third-order valence-corrected chi connectivity index (χ3v) is 4.01. The fourth-order valence-corrected chi connectivity index (χ4v) is 2.96. The van der Waals surface area contributed by atoms with Gasteiger partial charge in [0.05, 0.1) is 25.3 Å². The van der Waals surface area contributed by atoms with Crippen LogP contribution >= 0.6 is 11.6 Å². The number of nitrogens with zero attached hydrogens (tertiary/aromatic N) is 2. The van der Waals surface area contributed by atoms with Crippen LogP contribution in [-0.4, -0.2) is 44.2 Å². The minimum atomic E-state index is 0.549. The first-order valence-corrected chi connectivity index (χ1v) is 8.59. The maximum absolute atomic E-state index is 6.32. The second kappa shape index (κ2) is 8.87. The highest BCUT2D eigenvalue weighted by molar-refractivity contribution is 6.32. The zero-order valence-electron chi connectivity index (χ0n) is 14.2. The van der Waals surface area contributed by atoms with Gasteiger partial charge in [-0.25, -0.2) is 4.99 Å². The molecule has 1 heterocycles. The molecular weight excluding hydrogens is 314 g/mol. The highest BCUT2D eigenvalue weighted by atomic mass is 35.5. The van der Waals surface area contributed by atoms with Crippen molar-refractivity contribution in [3.8, 4) is 11.5 Å². The van der Waals surface area contributed by atoms with Crippen LogP contribution in [0.1, 0.15) is 32.3 Å². The molecule has 0 radical (unpaired) electrons. The minimum Gasteiger partial charge on any atom is -0.493 e. The van der Waals surface area contributed by atoms with E-state index in [-0.39, 0.29) is 0 Å². The Labute approximate surface area is 143 Å². The van der Waals surface area contributed by atoms with Gasteiger partial charge in [0.15, 0.2) is 17.5 Å². The first kappa shape index (κ1) is 17.7. The quantitative estimate of drug-likeness (QED) is 0.638. The molecule has 128 valence electrons. The third kappa shape index (κ3) is 4.67. The summed E-state index contributed by atoms with van der Waals surface area (Å²) in [5.41, 5.74) is 1.00. The van der Waals surface area contributed by atoms with E-state index in [4.69, 9.17) is 26.1 Å². The Morgan fingerprint density at radius 1 is 1.30 bits per heavy atom. The van der Waals surface area contributed by atoms with E-state index < -0.39 is 0 Å². The molecular formula is C17H26ClN3O2. The lowest BCUT2D eigenvalue weighted by molar-refractivity contribution is 0.311. The fraction of sp³-hybridized carbons (Fsp3) is 0.588. The molecule has 1 fully saturated rings. The second-order valence-electron chi connectivity index (χ2n) is 5.41. The van der Waals surface area contributed by atoms with Crippen LogP contribution in [0.4, 0.5) is 0 Å². The van der Waals surface area contributed by atoms with Gasteiger partial charge in [0.25, 0.3) is 0 Å². The standard InChI is InChI=1S/C17H26ClN3O2/c1-4-19-17(21-8-6-7-9-21)20-12-13-10-14(18)16(23-5-2)15(11-13)22-3/h10-11H,4-9,12H2,1-3H3,(H,19,20). The van der Waals surface area contributed by atoms with E-state index in [0.29, 0.717) is 29.7 Å². The van der Waals surface area contributed by atoms with Crippen LogP contribution < -0.4 is 14.8 Å². The van der Waals surface area contributed by atoms with Crippen LogP contribution in [0.15, 0.2) is 17.1 Å². The van der Waals surface area contributed by atoms with Gasteiger partial charge >= 0.3 is 0 Å². The number of nitrogens with one attached hydrogen (secondary N) is 1. The lowest BCUT2D eigenvalue weighted by Gasteiger charge is -2.20. The van der Waals surface area contributed by atoms with Crippen molar-refractivity contribution in [1.82, 2.24) is 10.2 Å². The van der Waals surface area contributed by atoms with Crippen molar-refractivity contribution in [3.63, 3.8) is 0 Å². The normalized spacial score (nSPS) is 15.0. The summed E-state index contributed by atoms with van der Waals surface area (Å²) < 4.78 is 10.9. The molecule has 1 N–H and O–H groups in total. The Balaban J connectivity index is 2.17. The lowest BCUT2D eigenvalue weighted by Crippen LogP contribution is -2.39. The van der Waals surface area contributed by atoms with Crippen molar-refractivity contribution in [1.29, 1.82) is 0 Å². The van der Waals surface area contributed by atoms with E-state index in [1.54, 1.807) is 7.11 Å². The Kier molecular flexibility index (Phi) is 6.84. The smallest absolute Gasteiger partial charge is 0.194 e. The third-order valence-electron chi connectivity index (χ3n) is 3.73. The van der Waals surface area contributed by atoms with Crippen molar-refractivity contribution in [2.45, 2.75) is 33.2 Å². The van der Waals surface area contributed by atoms with E-state index in [1.807, 2.05) is 19.1 Å². The van der Waals surface area contributed by atoms with Crippen molar-refractivity contribution in [3.05, 3.63) is 22.7 Å². The summed E-state index contributed by atoms with van der Waals surface area (Å²) >= 11 is 6.32. The number of rotatable bonds is 6.